The average molecular weight is 260 g/mol. The van der Waals surface area contributed by atoms with Crippen molar-refractivity contribution in [3.05, 3.63) is 40.4 Å². The Morgan fingerprint density at radius 3 is 3.00 bits per heavy atom. The van der Waals surface area contributed by atoms with Crippen LogP contribution in [-0.2, 0) is 0 Å². The van der Waals surface area contributed by atoms with Crippen molar-refractivity contribution in [2.24, 2.45) is 0 Å². The summed E-state index contributed by atoms with van der Waals surface area (Å²) in [6.07, 6.45) is 0. The van der Waals surface area contributed by atoms with Gasteiger partial charge in [-0.1, -0.05) is 35.3 Å². The van der Waals surface area contributed by atoms with Gasteiger partial charge in [-0.05, 0) is 24.6 Å². The van der Waals surface area contributed by atoms with Gasteiger partial charge in [0, 0.05) is 23.7 Å². The van der Waals surface area contributed by atoms with Crippen molar-refractivity contribution in [2.45, 2.75) is 6.92 Å². The van der Waals surface area contributed by atoms with E-state index in [1.807, 2.05) is 31.2 Å². The fourth-order valence-corrected chi connectivity index (χ4v) is 1.36. The van der Waals surface area contributed by atoms with Crippen molar-refractivity contribution in [3.8, 4) is 5.75 Å². The summed E-state index contributed by atoms with van der Waals surface area (Å²) in [7, 11) is 0. The molecule has 0 atom stereocenters. The summed E-state index contributed by atoms with van der Waals surface area (Å²) in [4.78, 5) is 0. The number of rotatable bonds is 6. The fourth-order valence-electron chi connectivity index (χ4n) is 1.19. The lowest BCUT2D eigenvalue weighted by Crippen LogP contribution is -2.22. The van der Waals surface area contributed by atoms with Gasteiger partial charge in [0.15, 0.2) is 0 Å². The molecule has 0 amide bonds. The second kappa shape index (κ2) is 7.55. The molecule has 0 spiro atoms. The van der Waals surface area contributed by atoms with Crippen molar-refractivity contribution in [1.29, 1.82) is 0 Å². The van der Waals surface area contributed by atoms with Gasteiger partial charge in [0.25, 0.3) is 0 Å². The molecular weight excluding hydrogens is 245 g/mol. The van der Waals surface area contributed by atoms with E-state index in [0.29, 0.717) is 18.2 Å². The van der Waals surface area contributed by atoms with Gasteiger partial charge in [-0.2, -0.15) is 0 Å². The molecule has 0 fully saturated rings. The maximum absolute atomic E-state index is 5.71. The molecule has 0 bridgehead atoms. The van der Waals surface area contributed by atoms with E-state index in [1.54, 1.807) is 0 Å². The van der Waals surface area contributed by atoms with E-state index in [0.717, 1.165) is 12.3 Å². The molecule has 16 heavy (non-hydrogen) atoms. The van der Waals surface area contributed by atoms with Crippen molar-refractivity contribution in [3.63, 3.8) is 0 Å². The standard InChI is InChI=1S/C12H15Cl2NO/c1-10-3-2-4-12(7-10)16-6-5-15-9-11(14)8-13/h2-4,7-8,15H,5-6,9H2,1H3. The molecule has 0 aromatic heterocycles. The summed E-state index contributed by atoms with van der Waals surface area (Å²) in [5.74, 6) is 0.890. The van der Waals surface area contributed by atoms with Crippen LogP contribution in [0.3, 0.4) is 0 Å². The number of ether oxygens (including phenoxy) is 1. The Balaban J connectivity index is 2.16. The molecule has 1 aromatic carbocycles. The van der Waals surface area contributed by atoms with E-state index >= 15 is 0 Å². The molecule has 0 saturated carbocycles. The first-order chi connectivity index (χ1) is 7.72. The molecule has 88 valence electrons. The zero-order chi connectivity index (χ0) is 11.8. The van der Waals surface area contributed by atoms with Crippen LogP contribution in [0.15, 0.2) is 34.8 Å². The van der Waals surface area contributed by atoms with E-state index in [1.165, 1.54) is 11.1 Å². The highest BCUT2D eigenvalue weighted by Crippen LogP contribution is 2.11. The molecule has 0 saturated heterocycles. The predicted octanol–water partition coefficient (Wildman–Crippen LogP) is 3.28. The largest absolute Gasteiger partial charge is 0.492 e. The Morgan fingerprint density at radius 1 is 1.50 bits per heavy atom. The first-order valence-electron chi connectivity index (χ1n) is 5.07. The van der Waals surface area contributed by atoms with Gasteiger partial charge in [0.1, 0.15) is 12.4 Å². The summed E-state index contributed by atoms with van der Waals surface area (Å²) in [5.41, 5.74) is 2.55. The minimum atomic E-state index is 0.572. The summed E-state index contributed by atoms with van der Waals surface area (Å²) in [5, 5.41) is 3.71. The van der Waals surface area contributed by atoms with Crippen LogP contribution < -0.4 is 10.1 Å². The molecule has 1 N–H and O–H groups in total. The number of benzene rings is 1. The van der Waals surface area contributed by atoms with Gasteiger partial charge in [-0.15, -0.1) is 0 Å². The lowest BCUT2D eigenvalue weighted by Gasteiger charge is -2.07. The first kappa shape index (κ1) is 13.4. The second-order valence-electron chi connectivity index (χ2n) is 3.40. The number of hydrogen-bond acceptors (Lipinski definition) is 2. The van der Waals surface area contributed by atoms with E-state index in [-0.39, 0.29) is 0 Å². The summed E-state index contributed by atoms with van der Waals surface area (Å²) < 4.78 is 5.54. The van der Waals surface area contributed by atoms with Crippen molar-refractivity contribution in [2.75, 3.05) is 19.7 Å². The highest BCUT2D eigenvalue weighted by molar-refractivity contribution is 6.36. The summed E-state index contributed by atoms with van der Waals surface area (Å²) in [6, 6.07) is 7.96. The van der Waals surface area contributed by atoms with E-state index in [9.17, 15) is 0 Å². The molecule has 2 nitrogen and oxygen atoms in total. The van der Waals surface area contributed by atoms with Gasteiger partial charge in [0.05, 0.1) is 0 Å². The van der Waals surface area contributed by atoms with Crippen LogP contribution in [0.4, 0.5) is 0 Å². The lowest BCUT2D eigenvalue weighted by molar-refractivity contribution is 0.316. The number of halogens is 2. The summed E-state index contributed by atoms with van der Waals surface area (Å²) >= 11 is 11.1. The van der Waals surface area contributed by atoms with Crippen LogP contribution in [0.25, 0.3) is 0 Å². The van der Waals surface area contributed by atoms with Gasteiger partial charge in [0.2, 0.25) is 0 Å². The first-order valence-corrected chi connectivity index (χ1v) is 5.89. The molecule has 1 rings (SSSR count). The second-order valence-corrected chi connectivity index (χ2v) is 4.10. The minimum Gasteiger partial charge on any atom is -0.492 e. The number of nitrogens with one attached hydrogen (secondary N) is 1. The summed E-state index contributed by atoms with van der Waals surface area (Å²) in [6.45, 7) is 3.95. The van der Waals surface area contributed by atoms with Crippen LogP contribution in [0.5, 0.6) is 5.75 Å². The van der Waals surface area contributed by atoms with Crippen LogP contribution in [0.2, 0.25) is 0 Å². The predicted molar refractivity (Wildman–Crippen MR) is 69.3 cm³/mol. The van der Waals surface area contributed by atoms with Crippen molar-refractivity contribution < 1.29 is 4.74 Å². The lowest BCUT2D eigenvalue weighted by atomic mass is 10.2. The Hall–Kier alpha value is -0.700. The van der Waals surface area contributed by atoms with Gasteiger partial charge < -0.3 is 10.1 Å². The van der Waals surface area contributed by atoms with E-state index < -0.39 is 0 Å². The minimum absolute atomic E-state index is 0.572. The van der Waals surface area contributed by atoms with Crippen LogP contribution in [0.1, 0.15) is 5.56 Å². The van der Waals surface area contributed by atoms with E-state index in [2.05, 4.69) is 5.32 Å². The highest BCUT2D eigenvalue weighted by Gasteiger charge is 1.94. The number of aryl methyl sites for hydroxylation is 1. The molecule has 0 heterocycles. The molecule has 0 aliphatic heterocycles. The maximum Gasteiger partial charge on any atom is 0.119 e. The monoisotopic (exact) mass is 259 g/mol. The molecule has 0 aliphatic carbocycles. The number of hydrogen-bond donors (Lipinski definition) is 1. The zero-order valence-corrected chi connectivity index (χ0v) is 10.7. The van der Waals surface area contributed by atoms with Gasteiger partial charge in [-0.25, -0.2) is 0 Å². The Bertz CT molecular complexity index is 353. The van der Waals surface area contributed by atoms with Gasteiger partial charge >= 0.3 is 0 Å². The molecule has 0 unspecified atom stereocenters. The zero-order valence-electron chi connectivity index (χ0n) is 9.17. The Kier molecular flexibility index (Phi) is 6.31. The molecule has 4 heteroatoms. The highest BCUT2D eigenvalue weighted by atomic mass is 35.5. The van der Waals surface area contributed by atoms with Crippen molar-refractivity contribution >= 4 is 23.2 Å². The topological polar surface area (TPSA) is 21.3 Å². The normalized spacial score (nSPS) is 11.6. The van der Waals surface area contributed by atoms with Gasteiger partial charge in [-0.3, -0.25) is 0 Å². The molecule has 1 aromatic rings. The third kappa shape index (κ3) is 5.40. The third-order valence-corrected chi connectivity index (χ3v) is 2.57. The van der Waals surface area contributed by atoms with Crippen LogP contribution in [0, 0.1) is 6.92 Å². The average Bonchev–Trinajstić information content (AvgIpc) is 2.28. The fraction of sp³-hybridized carbons (Fsp3) is 0.333. The Labute approximate surface area is 106 Å². The SMILES string of the molecule is Cc1cccc(OCCNCC(Cl)=CCl)c1. The van der Waals surface area contributed by atoms with E-state index in [4.69, 9.17) is 27.9 Å². The van der Waals surface area contributed by atoms with Crippen LogP contribution in [-0.4, -0.2) is 19.7 Å². The Morgan fingerprint density at radius 2 is 2.31 bits per heavy atom. The molecule has 0 radical (unpaired) electrons. The van der Waals surface area contributed by atoms with Crippen molar-refractivity contribution in [1.82, 2.24) is 5.32 Å². The van der Waals surface area contributed by atoms with Crippen LogP contribution >= 0.6 is 23.2 Å². The molecular formula is C12H15Cl2NO. The third-order valence-electron chi connectivity index (χ3n) is 1.95. The maximum atomic E-state index is 5.71. The smallest absolute Gasteiger partial charge is 0.119 e. The quantitative estimate of drug-likeness (QED) is 0.792. The molecule has 0 aliphatic rings.